The Morgan fingerprint density at radius 2 is 0.400 bits per heavy atom. The molecule has 4 heteroatoms. The second kappa shape index (κ2) is 27.2. The van der Waals surface area contributed by atoms with Gasteiger partial charge in [0.1, 0.15) is 0 Å². The summed E-state index contributed by atoms with van der Waals surface area (Å²) in [6.45, 7) is 0. The van der Waals surface area contributed by atoms with Gasteiger partial charge in [0, 0.05) is 74.5 Å². The molecule has 0 amide bonds. The predicted octanol–water partition coefficient (Wildman–Crippen LogP) is 31.5. The van der Waals surface area contributed by atoms with E-state index < -0.39 is 0 Å². The highest BCUT2D eigenvalue weighted by molar-refractivity contribution is 7.26. The van der Waals surface area contributed by atoms with Crippen LogP contribution in [0.25, 0.3) is 171 Å². The molecule has 0 radical (unpaired) electrons. The van der Waals surface area contributed by atoms with E-state index in [4.69, 9.17) is 0 Å². The van der Waals surface area contributed by atoms with Crippen LogP contribution < -0.4 is 9.80 Å². The number of fused-ring (bicyclic) bond motifs is 16. The zero-order valence-corrected chi connectivity index (χ0v) is 61.6. The molecule has 0 aliphatic rings. The minimum Gasteiger partial charge on any atom is -0.311 e. The quantitative estimate of drug-likeness (QED) is 0.119. The van der Waals surface area contributed by atoms with E-state index in [0.717, 1.165) is 34.1 Å². The number of rotatable bonds is 11. The van der Waals surface area contributed by atoms with Gasteiger partial charge < -0.3 is 9.80 Å². The highest BCUT2D eigenvalue weighted by atomic mass is 32.1. The van der Waals surface area contributed by atoms with E-state index >= 15 is 0 Å². The first-order valence-corrected chi connectivity index (χ1v) is 39.3. The van der Waals surface area contributed by atoms with Gasteiger partial charge in [-0.05, 0) is 252 Å². The maximum atomic E-state index is 2.38. The molecule has 2 aromatic heterocycles. The molecule has 22 aromatic rings. The van der Waals surface area contributed by atoms with Crippen LogP contribution in [0.5, 0.6) is 0 Å². The Labute approximate surface area is 645 Å². The summed E-state index contributed by atoms with van der Waals surface area (Å²) in [4.78, 5) is 4.74. The van der Waals surface area contributed by atoms with Gasteiger partial charge in [0.15, 0.2) is 0 Å². The number of hydrogen-bond donors (Lipinski definition) is 0. The van der Waals surface area contributed by atoms with E-state index in [9.17, 15) is 0 Å². The number of benzene rings is 20. The van der Waals surface area contributed by atoms with Crippen molar-refractivity contribution in [3.05, 3.63) is 413 Å². The van der Waals surface area contributed by atoms with Crippen LogP contribution in [0, 0.1) is 0 Å². The Bertz CT molecular complexity index is 7310. The lowest BCUT2D eigenvalue weighted by atomic mass is 9.97. The van der Waals surface area contributed by atoms with Crippen LogP contribution >= 0.6 is 22.7 Å². The molecule has 2 nitrogen and oxygen atoms in total. The lowest BCUT2D eigenvalue weighted by molar-refractivity contribution is 1.28. The lowest BCUT2D eigenvalue weighted by Crippen LogP contribution is -2.09. The topological polar surface area (TPSA) is 6.48 Å². The molecule has 0 unspecified atom stereocenters. The molecule has 514 valence electrons. The van der Waals surface area contributed by atoms with E-state index in [1.807, 2.05) is 22.7 Å². The summed E-state index contributed by atoms with van der Waals surface area (Å²) in [6, 6.07) is 151. The fraction of sp³-hybridized carbons (Fsp3) is 0. The molecule has 0 atom stereocenters. The summed E-state index contributed by atoms with van der Waals surface area (Å²) < 4.78 is 5.31. The third kappa shape index (κ3) is 11.7. The van der Waals surface area contributed by atoms with Gasteiger partial charge in [-0.15, -0.1) is 22.7 Å². The molecule has 0 spiro atoms. The zero-order chi connectivity index (χ0) is 72.6. The van der Waals surface area contributed by atoms with Crippen molar-refractivity contribution in [3.8, 4) is 55.6 Å². The van der Waals surface area contributed by atoms with Gasteiger partial charge in [-0.1, -0.05) is 291 Å². The maximum Gasteiger partial charge on any atom is 0.0468 e. The van der Waals surface area contributed by atoms with Crippen molar-refractivity contribution < 1.29 is 0 Å². The van der Waals surface area contributed by atoms with E-state index in [1.54, 1.807) is 0 Å². The number of anilines is 6. The normalized spacial score (nSPS) is 11.6. The van der Waals surface area contributed by atoms with Crippen LogP contribution in [0.15, 0.2) is 413 Å². The summed E-state index contributed by atoms with van der Waals surface area (Å²) >= 11 is 3.72. The SMILES string of the molecule is c1ccc2c(-c3ccc(N(c4ccc(-c5ccc6c(ccc7ccccc76)c5)cc4)c4ccc(-c5ccc6sc7ccccc7c6c5)cc4)cc3)cccc2c1.c1ccc2c(c1)ccc1cc(-c3ccc(N(c4ccc(-c5ccc6sc7ccccc7c6c5)cc4)c4ccc5c(ccc6ccccc65)c4)cc3)ccc12. The van der Waals surface area contributed by atoms with Gasteiger partial charge in [0.2, 0.25) is 0 Å². The van der Waals surface area contributed by atoms with Crippen molar-refractivity contribution in [1.29, 1.82) is 0 Å². The molecule has 110 heavy (non-hydrogen) atoms. The van der Waals surface area contributed by atoms with Gasteiger partial charge in [-0.25, -0.2) is 0 Å². The molecule has 20 aromatic carbocycles. The number of thiophene rings is 2. The van der Waals surface area contributed by atoms with Crippen LogP contribution in [-0.2, 0) is 0 Å². The highest BCUT2D eigenvalue weighted by Crippen LogP contribution is 2.45. The summed E-state index contributed by atoms with van der Waals surface area (Å²) in [5.41, 5.74) is 18.8. The first-order chi connectivity index (χ1) is 54.5. The summed E-state index contributed by atoms with van der Waals surface area (Å²) in [7, 11) is 0. The molecule has 0 aliphatic carbocycles. The van der Waals surface area contributed by atoms with E-state index in [-0.39, 0.29) is 0 Å². The number of nitrogens with zero attached hydrogens (tertiary/aromatic N) is 2. The highest BCUT2D eigenvalue weighted by Gasteiger charge is 2.19. The molecule has 0 fully saturated rings. The van der Waals surface area contributed by atoms with E-state index in [2.05, 4.69) is 422 Å². The van der Waals surface area contributed by atoms with Gasteiger partial charge in [0.05, 0.1) is 0 Å². The van der Waals surface area contributed by atoms with Crippen LogP contribution in [0.2, 0.25) is 0 Å². The summed E-state index contributed by atoms with van der Waals surface area (Å²) in [5.74, 6) is 0. The standard InChI is InChI=1S/C54H35NS.C52H33NS/c1-3-11-47-38(8-1)10-7-14-49(47)40-22-30-46(31-23-40)55(45-28-20-37(21-29-45)42-25-33-54-52(35-42)51-13-5-6-15-53(51)56-54)44-26-18-36(19-27-44)41-24-32-50-43(34-41)17-16-39-9-2-4-12-48(39)50;1-3-9-45-36(7-1)13-15-40-31-38(21-28-47(40)45)34-17-23-42(24-18-34)53(44-27-29-48-41(32-44)16-14-37-8-2-4-10-46(37)48)43-25-19-35(20-26-43)39-22-30-52-50(33-39)49-11-5-6-12-51(49)54-52/h1-35H;1-33H. The minimum atomic E-state index is 1.11. The first-order valence-electron chi connectivity index (χ1n) is 37.6. The Morgan fingerprint density at radius 1 is 0.136 bits per heavy atom. The van der Waals surface area contributed by atoms with Crippen molar-refractivity contribution in [2.45, 2.75) is 0 Å². The van der Waals surface area contributed by atoms with Gasteiger partial charge >= 0.3 is 0 Å². The van der Waals surface area contributed by atoms with Crippen molar-refractivity contribution >= 4 is 173 Å². The fourth-order valence-corrected chi connectivity index (χ4v) is 18.9. The number of hydrogen-bond acceptors (Lipinski definition) is 4. The Kier molecular flexibility index (Phi) is 16.0. The second-order valence-corrected chi connectivity index (χ2v) is 30.9. The van der Waals surface area contributed by atoms with Crippen LogP contribution in [0.1, 0.15) is 0 Å². The Hall–Kier alpha value is -13.7. The molecule has 2 heterocycles. The molecule has 0 saturated heterocycles. The predicted molar refractivity (Wildman–Crippen MR) is 478 cm³/mol. The van der Waals surface area contributed by atoms with Crippen LogP contribution in [0.4, 0.5) is 34.1 Å². The molecule has 22 rings (SSSR count). The lowest BCUT2D eigenvalue weighted by Gasteiger charge is -2.26. The third-order valence-corrected chi connectivity index (χ3v) is 24.6. The Balaban J connectivity index is 0.000000140. The monoisotopic (exact) mass is 1430 g/mol. The van der Waals surface area contributed by atoms with Crippen molar-refractivity contribution in [1.82, 2.24) is 0 Å². The first kappa shape index (κ1) is 64.6. The third-order valence-electron chi connectivity index (χ3n) is 22.3. The van der Waals surface area contributed by atoms with Crippen molar-refractivity contribution in [3.63, 3.8) is 0 Å². The molecular weight excluding hydrogens is 1370 g/mol. The van der Waals surface area contributed by atoms with Crippen LogP contribution in [-0.4, -0.2) is 0 Å². The Morgan fingerprint density at radius 3 is 0.818 bits per heavy atom. The van der Waals surface area contributed by atoms with Gasteiger partial charge in [-0.3, -0.25) is 0 Å². The molecule has 0 N–H and O–H groups in total. The molecule has 0 saturated carbocycles. The fourth-order valence-electron chi connectivity index (χ4n) is 16.7. The van der Waals surface area contributed by atoms with Crippen molar-refractivity contribution in [2.24, 2.45) is 0 Å². The largest absolute Gasteiger partial charge is 0.311 e. The zero-order valence-electron chi connectivity index (χ0n) is 60.0. The average molecular weight is 1430 g/mol. The van der Waals surface area contributed by atoms with Gasteiger partial charge in [-0.2, -0.15) is 0 Å². The van der Waals surface area contributed by atoms with E-state index in [1.165, 1.54) is 171 Å². The minimum absolute atomic E-state index is 1.11. The summed E-state index contributed by atoms with van der Waals surface area (Å²) in [6.07, 6.45) is 0. The average Bonchev–Trinajstić information content (AvgIpc) is 1.77. The smallest absolute Gasteiger partial charge is 0.0468 e. The van der Waals surface area contributed by atoms with E-state index in [0.29, 0.717) is 0 Å². The van der Waals surface area contributed by atoms with Crippen LogP contribution in [0.3, 0.4) is 0 Å². The second-order valence-electron chi connectivity index (χ2n) is 28.7. The molecular formula is C106H68N2S2. The molecule has 0 aliphatic heterocycles. The molecule has 0 bridgehead atoms. The van der Waals surface area contributed by atoms with Crippen molar-refractivity contribution in [2.75, 3.05) is 9.80 Å². The van der Waals surface area contributed by atoms with Gasteiger partial charge in [0.25, 0.3) is 0 Å². The summed E-state index contributed by atoms with van der Waals surface area (Å²) in [5, 5.41) is 23.1. The maximum absolute atomic E-state index is 2.38.